The molecule has 0 nitrogen and oxygen atoms in total. The number of allylic oxidation sites excluding steroid dienone is 2. The summed E-state index contributed by atoms with van der Waals surface area (Å²) in [6.45, 7) is 2.33. The molecule has 0 bridgehead atoms. The van der Waals surface area contributed by atoms with Gasteiger partial charge in [-0.05, 0) is 24.7 Å². The average molecular weight is 94.2 g/mol. The molecule has 0 aromatic rings. The van der Waals surface area contributed by atoms with Crippen molar-refractivity contribution in [2.24, 2.45) is 11.8 Å². The fraction of sp³-hybridized carbons (Fsp3) is 0.714. The highest BCUT2D eigenvalue weighted by atomic mass is 14.5. The SMILES string of the molecule is CC1C2=CCCC21. The third kappa shape index (κ3) is 0.324. The van der Waals surface area contributed by atoms with Crippen molar-refractivity contribution in [3.8, 4) is 0 Å². The molecular weight excluding hydrogens is 84.1 g/mol. The Bertz CT molecular complexity index is 122. The summed E-state index contributed by atoms with van der Waals surface area (Å²) in [5.41, 5.74) is 1.75. The van der Waals surface area contributed by atoms with Crippen LogP contribution in [0.25, 0.3) is 0 Å². The van der Waals surface area contributed by atoms with E-state index in [1.807, 2.05) is 0 Å². The van der Waals surface area contributed by atoms with Crippen LogP contribution >= 0.6 is 0 Å². The van der Waals surface area contributed by atoms with Crippen LogP contribution in [0.15, 0.2) is 11.6 Å². The normalized spacial score (nSPS) is 45.6. The number of rotatable bonds is 0. The molecule has 0 heterocycles. The van der Waals surface area contributed by atoms with Gasteiger partial charge in [-0.25, -0.2) is 0 Å². The molecular formula is C7H10. The van der Waals surface area contributed by atoms with Gasteiger partial charge in [0, 0.05) is 0 Å². The Morgan fingerprint density at radius 1 is 1.71 bits per heavy atom. The summed E-state index contributed by atoms with van der Waals surface area (Å²) < 4.78 is 0. The van der Waals surface area contributed by atoms with Gasteiger partial charge in [-0.3, -0.25) is 0 Å². The van der Waals surface area contributed by atoms with Gasteiger partial charge >= 0.3 is 0 Å². The number of fused-ring (bicyclic) bond motifs is 1. The van der Waals surface area contributed by atoms with E-state index in [-0.39, 0.29) is 0 Å². The maximum absolute atomic E-state index is 2.41. The van der Waals surface area contributed by atoms with Crippen LogP contribution in [0.3, 0.4) is 0 Å². The van der Waals surface area contributed by atoms with Gasteiger partial charge in [-0.1, -0.05) is 18.6 Å². The first-order valence-electron chi connectivity index (χ1n) is 3.09. The lowest BCUT2D eigenvalue weighted by atomic mass is 10.2. The van der Waals surface area contributed by atoms with Crippen LogP contribution in [0.1, 0.15) is 19.8 Å². The Hall–Kier alpha value is -0.260. The topological polar surface area (TPSA) is 0 Å². The lowest BCUT2D eigenvalue weighted by Gasteiger charge is -1.84. The third-order valence-electron chi connectivity index (χ3n) is 2.31. The van der Waals surface area contributed by atoms with Crippen molar-refractivity contribution in [2.75, 3.05) is 0 Å². The van der Waals surface area contributed by atoms with Gasteiger partial charge in [-0.15, -0.1) is 0 Å². The van der Waals surface area contributed by atoms with Gasteiger partial charge in [0.2, 0.25) is 0 Å². The van der Waals surface area contributed by atoms with Gasteiger partial charge in [0.25, 0.3) is 0 Å². The molecule has 2 rings (SSSR count). The lowest BCUT2D eigenvalue weighted by Crippen LogP contribution is -1.73. The van der Waals surface area contributed by atoms with Crippen molar-refractivity contribution in [2.45, 2.75) is 19.8 Å². The standard InChI is InChI=1S/C7H10/c1-5-6-3-2-4-7(5)6/h3,5,7H,2,4H2,1H3. The van der Waals surface area contributed by atoms with Crippen molar-refractivity contribution in [1.29, 1.82) is 0 Å². The molecule has 2 atom stereocenters. The van der Waals surface area contributed by atoms with E-state index in [9.17, 15) is 0 Å². The lowest BCUT2D eigenvalue weighted by molar-refractivity contribution is 0.696. The van der Waals surface area contributed by atoms with Crippen LogP contribution in [-0.2, 0) is 0 Å². The maximum Gasteiger partial charge on any atom is -0.0134 e. The van der Waals surface area contributed by atoms with E-state index >= 15 is 0 Å². The van der Waals surface area contributed by atoms with E-state index in [0.29, 0.717) is 0 Å². The van der Waals surface area contributed by atoms with Crippen LogP contribution in [0.5, 0.6) is 0 Å². The Balaban J connectivity index is 2.27. The predicted octanol–water partition coefficient (Wildman–Crippen LogP) is 1.97. The first-order valence-corrected chi connectivity index (χ1v) is 3.09. The third-order valence-corrected chi connectivity index (χ3v) is 2.31. The monoisotopic (exact) mass is 94.1 g/mol. The fourth-order valence-corrected chi connectivity index (χ4v) is 1.68. The summed E-state index contributed by atoms with van der Waals surface area (Å²) in [5, 5.41) is 0. The second kappa shape index (κ2) is 0.936. The highest BCUT2D eigenvalue weighted by molar-refractivity contribution is 5.32. The van der Waals surface area contributed by atoms with E-state index in [4.69, 9.17) is 0 Å². The van der Waals surface area contributed by atoms with Gasteiger partial charge in [0.05, 0.1) is 0 Å². The highest BCUT2D eigenvalue weighted by Crippen LogP contribution is 2.52. The minimum atomic E-state index is 0.980. The first-order chi connectivity index (χ1) is 3.39. The summed E-state index contributed by atoms with van der Waals surface area (Å²) in [4.78, 5) is 0. The fourth-order valence-electron chi connectivity index (χ4n) is 1.68. The van der Waals surface area contributed by atoms with Crippen molar-refractivity contribution < 1.29 is 0 Å². The molecule has 0 heteroatoms. The number of hydrogen-bond acceptors (Lipinski definition) is 0. The molecule has 1 saturated carbocycles. The Kier molecular flexibility index (Phi) is 0.495. The van der Waals surface area contributed by atoms with E-state index in [1.54, 1.807) is 5.57 Å². The summed E-state index contributed by atoms with van der Waals surface area (Å²) in [5.74, 6) is 2.02. The largest absolute Gasteiger partial charge is 0.0847 e. The zero-order valence-electron chi connectivity index (χ0n) is 4.65. The van der Waals surface area contributed by atoms with Crippen molar-refractivity contribution in [3.63, 3.8) is 0 Å². The smallest absolute Gasteiger partial charge is 0.0134 e. The van der Waals surface area contributed by atoms with Crippen molar-refractivity contribution in [1.82, 2.24) is 0 Å². The molecule has 2 unspecified atom stereocenters. The molecule has 1 fully saturated rings. The highest BCUT2D eigenvalue weighted by Gasteiger charge is 2.41. The molecule has 0 amide bonds. The minimum absolute atomic E-state index is 0.980. The summed E-state index contributed by atoms with van der Waals surface area (Å²) in [7, 11) is 0. The molecule has 0 aromatic carbocycles. The maximum atomic E-state index is 2.41. The molecule has 38 valence electrons. The quantitative estimate of drug-likeness (QED) is 0.402. The van der Waals surface area contributed by atoms with Gasteiger partial charge in [0.1, 0.15) is 0 Å². The molecule has 0 spiro atoms. The molecule has 2 aliphatic carbocycles. The molecule has 0 radical (unpaired) electrons. The molecule has 0 saturated heterocycles. The van der Waals surface area contributed by atoms with E-state index < -0.39 is 0 Å². The molecule has 0 N–H and O–H groups in total. The van der Waals surface area contributed by atoms with Crippen molar-refractivity contribution >= 4 is 0 Å². The van der Waals surface area contributed by atoms with Crippen LogP contribution in [0, 0.1) is 11.8 Å². The van der Waals surface area contributed by atoms with Gasteiger partial charge in [0.15, 0.2) is 0 Å². The summed E-state index contributed by atoms with van der Waals surface area (Å²) in [6, 6.07) is 0. The summed E-state index contributed by atoms with van der Waals surface area (Å²) in [6.07, 6.45) is 5.23. The minimum Gasteiger partial charge on any atom is -0.0847 e. The number of hydrogen-bond donors (Lipinski definition) is 0. The summed E-state index contributed by atoms with van der Waals surface area (Å²) >= 11 is 0. The zero-order valence-corrected chi connectivity index (χ0v) is 4.65. The van der Waals surface area contributed by atoms with Crippen molar-refractivity contribution in [3.05, 3.63) is 11.6 Å². The van der Waals surface area contributed by atoms with E-state index in [0.717, 1.165) is 11.8 Å². The van der Waals surface area contributed by atoms with Gasteiger partial charge < -0.3 is 0 Å². The van der Waals surface area contributed by atoms with Crippen LogP contribution in [-0.4, -0.2) is 0 Å². The Labute approximate surface area is 44.2 Å². The zero-order chi connectivity index (χ0) is 4.85. The second-order valence-electron chi connectivity index (χ2n) is 2.68. The molecule has 2 aliphatic rings. The molecule has 0 aromatic heterocycles. The van der Waals surface area contributed by atoms with Crippen LogP contribution in [0.4, 0.5) is 0 Å². The van der Waals surface area contributed by atoms with Crippen LogP contribution in [0.2, 0.25) is 0 Å². The van der Waals surface area contributed by atoms with Crippen LogP contribution < -0.4 is 0 Å². The second-order valence-corrected chi connectivity index (χ2v) is 2.68. The predicted molar refractivity (Wildman–Crippen MR) is 30.0 cm³/mol. The van der Waals surface area contributed by atoms with Gasteiger partial charge in [-0.2, -0.15) is 0 Å². The Morgan fingerprint density at radius 2 is 2.57 bits per heavy atom. The van der Waals surface area contributed by atoms with E-state index in [2.05, 4.69) is 13.0 Å². The first kappa shape index (κ1) is 3.71. The molecule has 0 aliphatic heterocycles. The Morgan fingerprint density at radius 3 is 2.86 bits per heavy atom. The molecule has 7 heavy (non-hydrogen) atoms. The van der Waals surface area contributed by atoms with E-state index in [1.165, 1.54) is 12.8 Å². The average Bonchev–Trinajstić information content (AvgIpc) is 2.26.